The number of rotatable bonds is 2. The molecule has 4 heterocycles. The minimum Gasteiger partial charge on any atom is -0.351 e. The summed E-state index contributed by atoms with van der Waals surface area (Å²) in [5, 5.41) is 1.15. The van der Waals surface area contributed by atoms with E-state index in [1.54, 1.807) is 12.4 Å². The van der Waals surface area contributed by atoms with Crippen molar-refractivity contribution in [3.63, 3.8) is 0 Å². The Labute approximate surface area is 141 Å². The molecule has 0 bridgehead atoms. The predicted octanol–water partition coefficient (Wildman–Crippen LogP) is 2.45. The van der Waals surface area contributed by atoms with Crippen molar-refractivity contribution < 1.29 is 4.79 Å². The Hall–Kier alpha value is -2.37. The Morgan fingerprint density at radius 2 is 2.25 bits per heavy atom. The van der Waals surface area contributed by atoms with Crippen molar-refractivity contribution in [1.29, 1.82) is 0 Å². The first-order valence-corrected chi connectivity index (χ1v) is 8.69. The number of piperidine rings is 1. The Morgan fingerprint density at radius 1 is 1.38 bits per heavy atom. The SMILES string of the molecule is CC=CC(=O)N1CCC[C@@H](N2CC(C)c3c[nH]c4ncnc2c34)C1. The third kappa shape index (κ3) is 2.37. The monoisotopic (exact) mass is 325 g/mol. The molecule has 4 rings (SSSR count). The molecule has 0 saturated carbocycles. The van der Waals surface area contributed by atoms with Crippen LogP contribution in [0.2, 0.25) is 0 Å². The number of anilines is 1. The van der Waals surface area contributed by atoms with Crippen molar-refractivity contribution >= 4 is 22.8 Å². The third-order valence-corrected chi connectivity index (χ3v) is 5.21. The molecule has 2 aliphatic rings. The van der Waals surface area contributed by atoms with Gasteiger partial charge in [0.2, 0.25) is 5.91 Å². The van der Waals surface area contributed by atoms with Gasteiger partial charge in [0.1, 0.15) is 17.8 Å². The average Bonchev–Trinajstić information content (AvgIpc) is 3.04. The maximum Gasteiger partial charge on any atom is 0.246 e. The number of H-pyrrole nitrogens is 1. The van der Waals surface area contributed by atoms with Crippen LogP contribution in [0.25, 0.3) is 11.0 Å². The first-order valence-electron chi connectivity index (χ1n) is 8.69. The lowest BCUT2D eigenvalue weighted by molar-refractivity contribution is -0.127. The van der Waals surface area contributed by atoms with Gasteiger partial charge in [-0.15, -0.1) is 0 Å². The van der Waals surface area contributed by atoms with Crippen molar-refractivity contribution in [3.05, 3.63) is 30.2 Å². The van der Waals surface area contributed by atoms with Crippen molar-refractivity contribution in [2.24, 2.45) is 0 Å². The Morgan fingerprint density at radius 3 is 3.08 bits per heavy atom. The normalized spacial score (nSPS) is 24.1. The van der Waals surface area contributed by atoms with Crippen LogP contribution in [-0.2, 0) is 4.79 Å². The van der Waals surface area contributed by atoms with Gasteiger partial charge < -0.3 is 14.8 Å². The molecule has 1 amide bonds. The Bertz CT molecular complexity index is 796. The van der Waals surface area contributed by atoms with Crippen LogP contribution in [0.15, 0.2) is 24.7 Å². The molecule has 2 aliphatic heterocycles. The first-order chi connectivity index (χ1) is 11.7. The molecule has 24 heavy (non-hydrogen) atoms. The maximum atomic E-state index is 12.2. The van der Waals surface area contributed by atoms with Crippen molar-refractivity contribution in [2.45, 2.75) is 38.6 Å². The zero-order valence-corrected chi connectivity index (χ0v) is 14.2. The van der Waals surface area contributed by atoms with Gasteiger partial charge in [0.05, 0.1) is 5.39 Å². The van der Waals surface area contributed by atoms with E-state index in [1.807, 2.05) is 17.9 Å². The predicted molar refractivity (Wildman–Crippen MR) is 94.1 cm³/mol. The van der Waals surface area contributed by atoms with Crippen LogP contribution in [0.3, 0.4) is 0 Å². The molecule has 1 fully saturated rings. The summed E-state index contributed by atoms with van der Waals surface area (Å²) in [6, 6.07) is 0.316. The zero-order chi connectivity index (χ0) is 16.7. The van der Waals surface area contributed by atoms with E-state index in [4.69, 9.17) is 0 Å². The van der Waals surface area contributed by atoms with E-state index in [1.165, 1.54) is 5.56 Å². The largest absolute Gasteiger partial charge is 0.351 e. The van der Waals surface area contributed by atoms with E-state index in [9.17, 15) is 4.79 Å². The Kier molecular flexibility index (Phi) is 3.75. The highest BCUT2D eigenvalue weighted by Gasteiger charge is 2.34. The molecule has 0 aliphatic carbocycles. The number of aromatic amines is 1. The summed E-state index contributed by atoms with van der Waals surface area (Å²) in [7, 11) is 0. The number of aromatic nitrogens is 3. The van der Waals surface area contributed by atoms with Gasteiger partial charge in [-0.2, -0.15) is 0 Å². The van der Waals surface area contributed by atoms with Crippen molar-refractivity contribution in [1.82, 2.24) is 19.9 Å². The maximum absolute atomic E-state index is 12.2. The van der Waals surface area contributed by atoms with Crippen LogP contribution in [0, 0.1) is 0 Å². The van der Waals surface area contributed by atoms with Gasteiger partial charge in [-0.25, -0.2) is 9.97 Å². The highest BCUT2D eigenvalue weighted by molar-refractivity contribution is 5.93. The number of hydrogen-bond donors (Lipinski definition) is 1. The van der Waals surface area contributed by atoms with Crippen molar-refractivity contribution in [2.75, 3.05) is 24.5 Å². The Balaban J connectivity index is 1.66. The molecular weight excluding hydrogens is 302 g/mol. The molecule has 1 unspecified atom stereocenters. The quantitative estimate of drug-likeness (QED) is 0.862. The molecule has 2 aromatic rings. The molecule has 126 valence electrons. The molecule has 0 spiro atoms. The lowest BCUT2D eigenvalue weighted by Gasteiger charge is -2.42. The fourth-order valence-electron chi connectivity index (χ4n) is 4.04. The first kappa shape index (κ1) is 15.2. The summed E-state index contributed by atoms with van der Waals surface area (Å²) in [6.45, 7) is 6.68. The molecule has 6 heteroatoms. The fourth-order valence-corrected chi connectivity index (χ4v) is 4.04. The van der Waals surface area contributed by atoms with Gasteiger partial charge >= 0.3 is 0 Å². The highest BCUT2D eigenvalue weighted by atomic mass is 16.2. The van der Waals surface area contributed by atoms with Gasteiger partial charge in [0.15, 0.2) is 0 Å². The molecule has 2 aromatic heterocycles. The van der Waals surface area contributed by atoms with Crippen LogP contribution >= 0.6 is 0 Å². The van der Waals surface area contributed by atoms with E-state index >= 15 is 0 Å². The van der Waals surface area contributed by atoms with E-state index in [-0.39, 0.29) is 5.91 Å². The van der Waals surface area contributed by atoms with Crippen LogP contribution in [0.4, 0.5) is 5.82 Å². The number of nitrogens with one attached hydrogen (secondary N) is 1. The third-order valence-electron chi connectivity index (χ3n) is 5.21. The molecule has 0 radical (unpaired) electrons. The van der Waals surface area contributed by atoms with Crippen LogP contribution in [0.5, 0.6) is 0 Å². The van der Waals surface area contributed by atoms with Gasteiger partial charge in [-0.1, -0.05) is 13.0 Å². The van der Waals surface area contributed by atoms with E-state index < -0.39 is 0 Å². The van der Waals surface area contributed by atoms with Gasteiger partial charge in [-0.3, -0.25) is 4.79 Å². The number of hydrogen-bond acceptors (Lipinski definition) is 4. The summed E-state index contributed by atoms with van der Waals surface area (Å²) >= 11 is 0. The van der Waals surface area contributed by atoms with Gasteiger partial charge in [0, 0.05) is 37.8 Å². The van der Waals surface area contributed by atoms with E-state index in [0.29, 0.717) is 12.0 Å². The summed E-state index contributed by atoms with van der Waals surface area (Å²) in [6.07, 6.45) is 9.30. The molecule has 1 N–H and O–H groups in total. The van der Waals surface area contributed by atoms with Gasteiger partial charge in [-0.05, 0) is 31.4 Å². The number of carbonyl (C=O) groups excluding carboxylic acids is 1. The number of amides is 1. The summed E-state index contributed by atoms with van der Waals surface area (Å²) in [4.78, 5) is 28.8. The lowest BCUT2D eigenvalue weighted by atomic mass is 9.93. The highest BCUT2D eigenvalue weighted by Crippen LogP contribution is 2.38. The smallest absolute Gasteiger partial charge is 0.246 e. The summed E-state index contributed by atoms with van der Waals surface area (Å²) in [5.74, 6) is 1.56. The lowest BCUT2D eigenvalue weighted by Crippen LogP contribution is -2.51. The standard InChI is InChI=1S/C18H23N5O/c1-3-5-15(24)22-7-4-6-13(10-22)23-9-12(2)14-8-19-17-16(14)18(23)21-11-20-17/h3,5,8,11-13H,4,6-7,9-10H2,1-2H3,(H,19,20,21)/t12?,13-/m1/s1. The molecule has 2 atom stereocenters. The van der Waals surface area contributed by atoms with Gasteiger partial charge in [0.25, 0.3) is 0 Å². The van der Waals surface area contributed by atoms with Crippen LogP contribution in [-0.4, -0.2) is 51.4 Å². The average molecular weight is 325 g/mol. The fraction of sp³-hybridized carbons (Fsp3) is 0.500. The molecule has 1 saturated heterocycles. The van der Waals surface area contributed by atoms with E-state index in [2.05, 4.69) is 33.0 Å². The van der Waals surface area contributed by atoms with Crippen LogP contribution in [0.1, 0.15) is 38.2 Å². The second kappa shape index (κ2) is 5.92. The minimum atomic E-state index is 0.113. The second-order valence-electron chi connectivity index (χ2n) is 6.80. The molecule has 0 aromatic carbocycles. The second-order valence-corrected chi connectivity index (χ2v) is 6.80. The topological polar surface area (TPSA) is 65.1 Å². The number of allylic oxidation sites excluding steroid dienone is 1. The molecule has 6 nitrogen and oxygen atoms in total. The number of likely N-dealkylation sites (tertiary alicyclic amines) is 1. The minimum absolute atomic E-state index is 0.113. The van der Waals surface area contributed by atoms with E-state index in [0.717, 1.165) is 49.3 Å². The van der Waals surface area contributed by atoms with Crippen molar-refractivity contribution in [3.8, 4) is 0 Å². The number of carbonyl (C=O) groups is 1. The van der Waals surface area contributed by atoms with Crippen LogP contribution < -0.4 is 4.90 Å². The summed E-state index contributed by atoms with van der Waals surface area (Å²) in [5.41, 5.74) is 2.21. The molecular formula is C18H23N5O. The number of nitrogens with zero attached hydrogens (tertiary/aromatic N) is 4. The summed E-state index contributed by atoms with van der Waals surface area (Å²) < 4.78 is 0. The zero-order valence-electron chi connectivity index (χ0n) is 14.2.